The number of hydrogen-bond donors (Lipinski definition) is 0. The number of carbonyl (C=O) groups is 2. The quantitative estimate of drug-likeness (QED) is 0.808. The summed E-state index contributed by atoms with van der Waals surface area (Å²) in [7, 11) is 1.40. The van der Waals surface area contributed by atoms with Crippen LogP contribution in [0.25, 0.3) is 0 Å². The standard InChI is InChI=1S/C20H21NO3/c1-3-13-21-18(14-9-5-4-6-10-14)17(20(23)24-2)15-11-7-8-12-16(15)19(21)22/h4-12,17-18H,3,13H2,1-2H3/t17-,18?/m0/s1. The van der Waals surface area contributed by atoms with Crippen molar-refractivity contribution in [3.8, 4) is 0 Å². The molecule has 2 aromatic rings. The maximum atomic E-state index is 13.0. The number of rotatable bonds is 4. The molecule has 0 bridgehead atoms. The molecule has 0 N–H and O–H groups in total. The summed E-state index contributed by atoms with van der Waals surface area (Å²) in [5, 5.41) is 0. The molecule has 0 saturated heterocycles. The number of nitrogens with zero attached hydrogens (tertiary/aromatic N) is 1. The topological polar surface area (TPSA) is 46.6 Å². The van der Waals surface area contributed by atoms with Crippen LogP contribution in [0.3, 0.4) is 0 Å². The average Bonchev–Trinajstić information content (AvgIpc) is 2.64. The second-order valence-corrected chi connectivity index (χ2v) is 5.94. The van der Waals surface area contributed by atoms with Crippen molar-refractivity contribution in [3.63, 3.8) is 0 Å². The van der Waals surface area contributed by atoms with Gasteiger partial charge in [0.25, 0.3) is 5.91 Å². The van der Waals surface area contributed by atoms with Crippen molar-refractivity contribution in [2.24, 2.45) is 0 Å². The molecule has 0 spiro atoms. The van der Waals surface area contributed by atoms with Gasteiger partial charge in [0.15, 0.2) is 0 Å². The van der Waals surface area contributed by atoms with E-state index < -0.39 is 5.92 Å². The molecule has 2 aromatic carbocycles. The predicted octanol–water partition coefficient (Wildman–Crippen LogP) is 3.55. The third-order valence-electron chi connectivity index (χ3n) is 4.50. The summed E-state index contributed by atoms with van der Waals surface area (Å²) in [4.78, 5) is 27.4. The third kappa shape index (κ3) is 2.68. The summed E-state index contributed by atoms with van der Waals surface area (Å²) in [5.41, 5.74) is 2.29. The fraction of sp³-hybridized carbons (Fsp3) is 0.300. The molecular formula is C20H21NO3. The van der Waals surface area contributed by atoms with Crippen LogP contribution in [-0.4, -0.2) is 30.4 Å². The van der Waals surface area contributed by atoms with Crippen molar-refractivity contribution in [2.45, 2.75) is 25.3 Å². The van der Waals surface area contributed by atoms with E-state index in [-0.39, 0.29) is 17.9 Å². The van der Waals surface area contributed by atoms with Gasteiger partial charge < -0.3 is 9.64 Å². The van der Waals surface area contributed by atoms with E-state index in [1.165, 1.54) is 7.11 Å². The molecule has 1 unspecified atom stereocenters. The zero-order chi connectivity index (χ0) is 17.1. The van der Waals surface area contributed by atoms with Crippen LogP contribution in [0.5, 0.6) is 0 Å². The smallest absolute Gasteiger partial charge is 0.315 e. The number of amides is 1. The SMILES string of the molecule is CCCN1C(=O)c2ccccc2[C@H](C(=O)OC)C1c1ccccc1. The van der Waals surface area contributed by atoms with E-state index in [1.54, 1.807) is 11.0 Å². The van der Waals surface area contributed by atoms with E-state index in [0.29, 0.717) is 12.1 Å². The van der Waals surface area contributed by atoms with Gasteiger partial charge in [0.1, 0.15) is 5.92 Å². The monoisotopic (exact) mass is 323 g/mol. The highest BCUT2D eigenvalue weighted by atomic mass is 16.5. The van der Waals surface area contributed by atoms with E-state index >= 15 is 0 Å². The van der Waals surface area contributed by atoms with Crippen molar-refractivity contribution in [1.82, 2.24) is 4.90 Å². The van der Waals surface area contributed by atoms with Gasteiger partial charge in [-0.05, 0) is 23.6 Å². The van der Waals surface area contributed by atoms with Gasteiger partial charge in [0.05, 0.1) is 13.2 Å². The van der Waals surface area contributed by atoms with Crippen molar-refractivity contribution < 1.29 is 14.3 Å². The van der Waals surface area contributed by atoms with Crippen LogP contribution in [-0.2, 0) is 9.53 Å². The number of benzene rings is 2. The maximum Gasteiger partial charge on any atom is 0.315 e. The summed E-state index contributed by atoms with van der Waals surface area (Å²) >= 11 is 0. The molecule has 0 aliphatic carbocycles. The van der Waals surface area contributed by atoms with Gasteiger partial charge in [-0.1, -0.05) is 55.5 Å². The average molecular weight is 323 g/mol. The molecule has 1 heterocycles. The van der Waals surface area contributed by atoms with Gasteiger partial charge in [-0.25, -0.2) is 0 Å². The minimum atomic E-state index is -0.516. The first kappa shape index (κ1) is 16.2. The minimum Gasteiger partial charge on any atom is -0.468 e. The van der Waals surface area contributed by atoms with Crippen LogP contribution in [0.1, 0.15) is 46.8 Å². The largest absolute Gasteiger partial charge is 0.468 e. The fourth-order valence-corrected chi connectivity index (χ4v) is 3.48. The lowest BCUT2D eigenvalue weighted by atomic mass is 9.79. The lowest BCUT2D eigenvalue weighted by molar-refractivity contribution is -0.144. The van der Waals surface area contributed by atoms with Crippen molar-refractivity contribution in [3.05, 3.63) is 71.3 Å². The third-order valence-corrected chi connectivity index (χ3v) is 4.50. The molecule has 0 radical (unpaired) electrons. The van der Waals surface area contributed by atoms with Crippen LogP contribution in [0.15, 0.2) is 54.6 Å². The second kappa shape index (κ2) is 6.87. The van der Waals surface area contributed by atoms with Crippen LogP contribution in [0, 0.1) is 0 Å². The van der Waals surface area contributed by atoms with Gasteiger partial charge >= 0.3 is 5.97 Å². The van der Waals surface area contributed by atoms with Crippen molar-refractivity contribution in [2.75, 3.05) is 13.7 Å². The maximum absolute atomic E-state index is 13.0. The Morgan fingerprint density at radius 3 is 2.42 bits per heavy atom. The van der Waals surface area contributed by atoms with Gasteiger partial charge in [-0.2, -0.15) is 0 Å². The van der Waals surface area contributed by atoms with Gasteiger partial charge in [-0.15, -0.1) is 0 Å². The predicted molar refractivity (Wildman–Crippen MR) is 91.7 cm³/mol. The van der Waals surface area contributed by atoms with E-state index in [9.17, 15) is 9.59 Å². The lowest BCUT2D eigenvalue weighted by Gasteiger charge is -2.41. The molecule has 0 saturated carbocycles. The minimum absolute atomic E-state index is 0.0264. The summed E-state index contributed by atoms with van der Waals surface area (Å²) in [5.74, 6) is -0.857. The number of methoxy groups -OCH3 is 1. The molecule has 4 heteroatoms. The first-order valence-corrected chi connectivity index (χ1v) is 8.21. The molecule has 4 nitrogen and oxygen atoms in total. The number of fused-ring (bicyclic) bond motifs is 1. The van der Waals surface area contributed by atoms with Crippen molar-refractivity contribution in [1.29, 1.82) is 0 Å². The molecule has 2 atom stereocenters. The zero-order valence-corrected chi connectivity index (χ0v) is 13.9. The van der Waals surface area contributed by atoms with Gasteiger partial charge in [0, 0.05) is 12.1 Å². The summed E-state index contributed by atoms with van der Waals surface area (Å²) < 4.78 is 5.08. The normalized spacial score (nSPS) is 19.8. The highest BCUT2D eigenvalue weighted by molar-refractivity contribution is 6.00. The Hall–Kier alpha value is -2.62. The Bertz CT molecular complexity index is 742. The Balaban J connectivity index is 2.21. The van der Waals surface area contributed by atoms with Crippen LogP contribution in [0.2, 0.25) is 0 Å². The molecular weight excluding hydrogens is 302 g/mol. The van der Waals surface area contributed by atoms with Crippen molar-refractivity contribution >= 4 is 11.9 Å². The first-order chi connectivity index (χ1) is 11.7. The number of ether oxygens (including phenoxy) is 1. The molecule has 0 aromatic heterocycles. The van der Waals surface area contributed by atoms with Crippen LogP contribution in [0.4, 0.5) is 0 Å². The fourth-order valence-electron chi connectivity index (χ4n) is 3.48. The van der Waals surface area contributed by atoms with E-state index in [0.717, 1.165) is 17.5 Å². The molecule has 1 aliphatic rings. The summed E-state index contributed by atoms with van der Waals surface area (Å²) in [6, 6.07) is 16.7. The van der Waals surface area contributed by atoms with Gasteiger partial charge in [0.2, 0.25) is 0 Å². The number of carbonyl (C=O) groups excluding carboxylic acids is 2. The Morgan fingerprint density at radius 1 is 1.08 bits per heavy atom. The molecule has 1 aliphatic heterocycles. The molecule has 1 amide bonds. The molecule has 0 fully saturated rings. The summed E-state index contributed by atoms with van der Waals surface area (Å²) in [6.45, 7) is 2.63. The summed E-state index contributed by atoms with van der Waals surface area (Å²) in [6.07, 6.45) is 0.825. The number of hydrogen-bond acceptors (Lipinski definition) is 3. The van der Waals surface area contributed by atoms with Crippen LogP contribution < -0.4 is 0 Å². The van der Waals surface area contributed by atoms with E-state index in [1.807, 2.05) is 55.5 Å². The van der Waals surface area contributed by atoms with Crippen LogP contribution >= 0.6 is 0 Å². The molecule has 124 valence electrons. The molecule has 24 heavy (non-hydrogen) atoms. The van der Waals surface area contributed by atoms with E-state index in [2.05, 4.69) is 0 Å². The Labute approximate surface area is 142 Å². The molecule has 3 rings (SSSR count). The number of esters is 1. The lowest BCUT2D eigenvalue weighted by Crippen LogP contribution is -2.45. The zero-order valence-electron chi connectivity index (χ0n) is 13.9. The Morgan fingerprint density at radius 2 is 1.75 bits per heavy atom. The van der Waals surface area contributed by atoms with Gasteiger partial charge in [-0.3, -0.25) is 9.59 Å². The van der Waals surface area contributed by atoms with E-state index in [4.69, 9.17) is 4.74 Å². The Kier molecular flexibility index (Phi) is 4.65. The highest BCUT2D eigenvalue weighted by Gasteiger charge is 2.44. The highest BCUT2D eigenvalue weighted by Crippen LogP contribution is 2.43. The first-order valence-electron chi connectivity index (χ1n) is 8.21. The second-order valence-electron chi connectivity index (χ2n) is 5.94.